The van der Waals surface area contributed by atoms with E-state index in [0.29, 0.717) is 6.04 Å². The highest BCUT2D eigenvalue weighted by Gasteiger charge is 2.22. The van der Waals surface area contributed by atoms with Gasteiger partial charge in [0, 0.05) is 31.4 Å². The van der Waals surface area contributed by atoms with E-state index in [-0.39, 0.29) is 0 Å². The van der Waals surface area contributed by atoms with E-state index >= 15 is 0 Å². The molecule has 1 fully saturated rings. The molecule has 5 nitrogen and oxygen atoms in total. The molecule has 5 heteroatoms. The zero-order valence-electron chi connectivity index (χ0n) is 11.1. The maximum absolute atomic E-state index is 4.51. The summed E-state index contributed by atoms with van der Waals surface area (Å²) in [5.74, 6) is 1.06. The first kappa shape index (κ1) is 11.5. The molecule has 2 aromatic rings. The maximum atomic E-state index is 4.51. The molecular weight excluding hydrogens is 226 g/mol. The molecule has 0 aromatic carbocycles. The van der Waals surface area contributed by atoms with Crippen molar-refractivity contribution in [3.05, 3.63) is 29.2 Å². The van der Waals surface area contributed by atoms with Crippen molar-refractivity contribution in [3.63, 3.8) is 0 Å². The lowest BCUT2D eigenvalue weighted by atomic mass is 10.2. The van der Waals surface area contributed by atoms with Gasteiger partial charge in [-0.25, -0.2) is 4.68 Å². The van der Waals surface area contributed by atoms with Gasteiger partial charge in [0.15, 0.2) is 5.82 Å². The van der Waals surface area contributed by atoms with Crippen molar-refractivity contribution < 1.29 is 0 Å². The Hall–Kier alpha value is -1.62. The lowest BCUT2D eigenvalue weighted by Crippen LogP contribution is -2.17. The van der Waals surface area contributed by atoms with E-state index in [2.05, 4.69) is 29.4 Å². The van der Waals surface area contributed by atoms with Crippen LogP contribution < -0.4 is 5.32 Å². The van der Waals surface area contributed by atoms with E-state index in [9.17, 15) is 0 Å². The minimum Gasteiger partial charge on any atom is -0.310 e. The van der Waals surface area contributed by atoms with Crippen LogP contribution in [0.25, 0.3) is 5.82 Å². The Labute approximate surface area is 107 Å². The largest absolute Gasteiger partial charge is 0.310 e. The Kier molecular flexibility index (Phi) is 2.70. The van der Waals surface area contributed by atoms with Crippen LogP contribution in [0.4, 0.5) is 0 Å². The Morgan fingerprint density at radius 3 is 2.78 bits per heavy atom. The fourth-order valence-corrected chi connectivity index (χ4v) is 2.25. The zero-order chi connectivity index (χ0) is 12.7. The highest BCUT2D eigenvalue weighted by atomic mass is 15.4. The van der Waals surface area contributed by atoms with E-state index in [4.69, 9.17) is 0 Å². The second-order valence-corrected chi connectivity index (χ2v) is 5.13. The molecule has 1 aliphatic carbocycles. The molecule has 2 heterocycles. The van der Waals surface area contributed by atoms with Crippen molar-refractivity contribution >= 4 is 0 Å². The second-order valence-electron chi connectivity index (χ2n) is 5.13. The van der Waals surface area contributed by atoms with Crippen LogP contribution in [-0.4, -0.2) is 25.6 Å². The molecular formula is C13H19N5. The molecule has 0 radical (unpaired) electrons. The van der Waals surface area contributed by atoms with E-state index in [1.54, 1.807) is 0 Å². The van der Waals surface area contributed by atoms with Gasteiger partial charge in [0.1, 0.15) is 0 Å². The normalized spacial score (nSPS) is 15.3. The molecule has 0 saturated heterocycles. The third-order valence-corrected chi connectivity index (χ3v) is 3.39. The second kappa shape index (κ2) is 4.24. The van der Waals surface area contributed by atoms with E-state index < -0.39 is 0 Å². The Morgan fingerprint density at radius 1 is 1.39 bits per heavy atom. The molecule has 2 aromatic heterocycles. The van der Waals surface area contributed by atoms with Crippen molar-refractivity contribution in [1.29, 1.82) is 0 Å². The minimum absolute atomic E-state index is 0.705. The lowest BCUT2D eigenvalue weighted by Gasteiger charge is -2.07. The van der Waals surface area contributed by atoms with Crippen LogP contribution in [-0.2, 0) is 13.6 Å². The Morgan fingerprint density at radius 2 is 2.17 bits per heavy atom. The summed E-state index contributed by atoms with van der Waals surface area (Å²) in [6.45, 7) is 4.98. The van der Waals surface area contributed by atoms with Crippen LogP contribution in [0.15, 0.2) is 12.4 Å². The number of aromatic nitrogens is 4. The van der Waals surface area contributed by atoms with Gasteiger partial charge in [-0.3, -0.25) is 4.68 Å². The molecule has 1 saturated carbocycles. The van der Waals surface area contributed by atoms with Gasteiger partial charge in [-0.1, -0.05) is 0 Å². The first-order valence-electron chi connectivity index (χ1n) is 6.42. The molecule has 0 bridgehead atoms. The Bertz CT molecular complexity index is 562. The van der Waals surface area contributed by atoms with Gasteiger partial charge in [0.25, 0.3) is 0 Å². The predicted octanol–water partition coefficient (Wildman–Crippen LogP) is 1.47. The smallest absolute Gasteiger partial charge is 0.156 e. The van der Waals surface area contributed by atoms with Gasteiger partial charge in [-0.05, 0) is 32.3 Å². The average Bonchev–Trinajstić information content (AvgIpc) is 2.98. The fraction of sp³-hybridized carbons (Fsp3) is 0.538. The van der Waals surface area contributed by atoms with Crippen molar-refractivity contribution in [2.24, 2.45) is 7.05 Å². The fourth-order valence-electron chi connectivity index (χ4n) is 2.25. The third kappa shape index (κ3) is 2.06. The summed E-state index contributed by atoms with van der Waals surface area (Å²) in [4.78, 5) is 0. The van der Waals surface area contributed by atoms with Crippen LogP contribution in [0.1, 0.15) is 29.7 Å². The SMILES string of the molecule is Cc1cnn(-c2c(CNC3CC3)c(C)nn2C)c1. The molecule has 0 unspecified atom stereocenters. The van der Waals surface area contributed by atoms with Gasteiger partial charge >= 0.3 is 0 Å². The van der Waals surface area contributed by atoms with Crippen LogP contribution in [0.3, 0.4) is 0 Å². The van der Waals surface area contributed by atoms with Crippen molar-refractivity contribution in [2.45, 2.75) is 39.3 Å². The summed E-state index contributed by atoms with van der Waals surface area (Å²) in [6.07, 6.45) is 6.52. The summed E-state index contributed by atoms with van der Waals surface area (Å²) < 4.78 is 3.82. The first-order chi connectivity index (χ1) is 8.65. The first-order valence-corrected chi connectivity index (χ1v) is 6.42. The van der Waals surface area contributed by atoms with Crippen LogP contribution in [0, 0.1) is 13.8 Å². The monoisotopic (exact) mass is 245 g/mol. The van der Waals surface area contributed by atoms with Crippen LogP contribution in [0.2, 0.25) is 0 Å². The number of aryl methyl sites for hydroxylation is 3. The minimum atomic E-state index is 0.705. The van der Waals surface area contributed by atoms with Crippen LogP contribution in [0.5, 0.6) is 0 Å². The molecule has 18 heavy (non-hydrogen) atoms. The van der Waals surface area contributed by atoms with Gasteiger partial charge in [-0.15, -0.1) is 0 Å². The third-order valence-electron chi connectivity index (χ3n) is 3.39. The highest BCUT2D eigenvalue weighted by molar-refractivity contribution is 5.37. The average molecular weight is 245 g/mol. The van der Waals surface area contributed by atoms with Gasteiger partial charge in [-0.2, -0.15) is 10.2 Å². The molecule has 0 spiro atoms. The molecule has 0 amide bonds. The molecule has 1 aliphatic rings. The Balaban J connectivity index is 1.95. The zero-order valence-corrected chi connectivity index (χ0v) is 11.1. The van der Waals surface area contributed by atoms with Gasteiger partial charge < -0.3 is 5.32 Å². The standard InChI is InChI=1S/C13H19N5/c1-9-6-15-18(8-9)13-12(7-14-11-4-5-11)10(2)16-17(13)3/h6,8,11,14H,4-5,7H2,1-3H3. The quantitative estimate of drug-likeness (QED) is 0.887. The van der Waals surface area contributed by atoms with Crippen molar-refractivity contribution in [2.75, 3.05) is 0 Å². The molecule has 1 N–H and O–H groups in total. The lowest BCUT2D eigenvalue weighted by molar-refractivity contribution is 0.665. The molecule has 0 atom stereocenters. The highest BCUT2D eigenvalue weighted by Crippen LogP contribution is 2.22. The van der Waals surface area contributed by atoms with E-state index in [0.717, 1.165) is 23.6 Å². The van der Waals surface area contributed by atoms with E-state index in [1.807, 2.05) is 28.8 Å². The molecule has 3 rings (SSSR count). The summed E-state index contributed by atoms with van der Waals surface area (Å²) in [6, 6.07) is 0.705. The topological polar surface area (TPSA) is 47.7 Å². The van der Waals surface area contributed by atoms with Crippen molar-refractivity contribution in [3.8, 4) is 5.82 Å². The summed E-state index contributed by atoms with van der Waals surface area (Å²) in [5, 5.41) is 12.5. The van der Waals surface area contributed by atoms with E-state index in [1.165, 1.54) is 18.4 Å². The summed E-state index contributed by atoms with van der Waals surface area (Å²) in [5.41, 5.74) is 3.48. The van der Waals surface area contributed by atoms with Gasteiger partial charge in [0.05, 0.1) is 11.9 Å². The summed E-state index contributed by atoms with van der Waals surface area (Å²) in [7, 11) is 1.97. The maximum Gasteiger partial charge on any atom is 0.156 e. The molecule has 96 valence electrons. The van der Waals surface area contributed by atoms with Gasteiger partial charge in [0.2, 0.25) is 0 Å². The molecule has 0 aliphatic heterocycles. The predicted molar refractivity (Wildman–Crippen MR) is 69.7 cm³/mol. The van der Waals surface area contributed by atoms with Crippen LogP contribution >= 0.6 is 0 Å². The number of nitrogens with one attached hydrogen (secondary N) is 1. The number of nitrogens with zero attached hydrogens (tertiary/aromatic N) is 4. The van der Waals surface area contributed by atoms with Crippen molar-refractivity contribution in [1.82, 2.24) is 24.9 Å². The number of rotatable bonds is 4. The number of hydrogen-bond donors (Lipinski definition) is 1. The summed E-state index contributed by atoms with van der Waals surface area (Å²) >= 11 is 0. The number of hydrogen-bond acceptors (Lipinski definition) is 3.